The Balaban J connectivity index is 1.73. The summed E-state index contributed by atoms with van der Waals surface area (Å²) in [7, 11) is 0. The van der Waals surface area contributed by atoms with Crippen LogP contribution in [0.25, 0.3) is 0 Å². The Kier molecular flexibility index (Phi) is 3.59. The zero-order valence-corrected chi connectivity index (χ0v) is 12.8. The second kappa shape index (κ2) is 5.40. The topological polar surface area (TPSA) is 77.0 Å². The van der Waals surface area contributed by atoms with Gasteiger partial charge < -0.3 is 10.7 Å². The van der Waals surface area contributed by atoms with Crippen molar-refractivity contribution in [3.8, 4) is 0 Å². The predicted octanol–water partition coefficient (Wildman–Crippen LogP) is 1.37. The van der Waals surface area contributed by atoms with Gasteiger partial charge in [0.05, 0.1) is 5.75 Å². The minimum absolute atomic E-state index is 0.0677. The molecular weight excluding hydrogens is 286 g/mol. The molecule has 0 unspecified atom stereocenters. The van der Waals surface area contributed by atoms with E-state index in [9.17, 15) is 4.79 Å². The van der Waals surface area contributed by atoms with Gasteiger partial charge in [-0.1, -0.05) is 30.0 Å². The number of benzene rings is 1. The molecule has 0 aliphatic carbocycles. The summed E-state index contributed by atoms with van der Waals surface area (Å²) in [6, 6.07) is 8.23. The third-order valence-corrected chi connectivity index (χ3v) is 4.56. The van der Waals surface area contributed by atoms with Crippen LogP contribution in [-0.4, -0.2) is 32.6 Å². The van der Waals surface area contributed by atoms with Gasteiger partial charge in [0, 0.05) is 11.7 Å². The predicted molar refractivity (Wildman–Crippen MR) is 82.7 cm³/mol. The van der Waals surface area contributed by atoms with Crippen LogP contribution in [0.3, 0.4) is 0 Å². The van der Waals surface area contributed by atoms with E-state index in [0.717, 1.165) is 12.1 Å². The van der Waals surface area contributed by atoms with Crippen LogP contribution in [0.15, 0.2) is 29.4 Å². The maximum Gasteiger partial charge on any atom is 0.237 e. The van der Waals surface area contributed by atoms with Crippen molar-refractivity contribution in [3.05, 3.63) is 35.7 Å². The van der Waals surface area contributed by atoms with E-state index in [1.807, 2.05) is 23.1 Å². The SMILES string of the molecule is Cc1nnc(SCC(=O)N2c3ccccc3C[C@H]2C)n1N. The number of nitrogens with two attached hydrogens (primary N) is 1. The number of hydrogen-bond acceptors (Lipinski definition) is 5. The Bertz CT molecular complexity index is 684. The number of aryl methyl sites for hydroxylation is 1. The van der Waals surface area contributed by atoms with E-state index < -0.39 is 0 Å². The van der Waals surface area contributed by atoms with Crippen molar-refractivity contribution in [2.24, 2.45) is 0 Å². The molecule has 2 heterocycles. The summed E-state index contributed by atoms with van der Waals surface area (Å²) in [6.45, 7) is 3.84. The van der Waals surface area contributed by atoms with Gasteiger partial charge in [-0.25, -0.2) is 4.68 Å². The summed E-state index contributed by atoms with van der Waals surface area (Å²) in [4.78, 5) is 14.4. The first-order chi connectivity index (χ1) is 10.1. The summed E-state index contributed by atoms with van der Waals surface area (Å²) >= 11 is 1.31. The first-order valence-electron chi connectivity index (χ1n) is 6.78. The van der Waals surface area contributed by atoms with Crippen LogP contribution in [0.5, 0.6) is 0 Å². The van der Waals surface area contributed by atoms with E-state index in [4.69, 9.17) is 5.84 Å². The monoisotopic (exact) mass is 303 g/mol. The number of hydrogen-bond donors (Lipinski definition) is 1. The number of nitrogens with zero attached hydrogens (tertiary/aromatic N) is 4. The van der Waals surface area contributed by atoms with Gasteiger partial charge in [0.25, 0.3) is 0 Å². The van der Waals surface area contributed by atoms with Crippen molar-refractivity contribution in [3.63, 3.8) is 0 Å². The fourth-order valence-corrected chi connectivity index (χ4v) is 3.35. The Labute approximate surface area is 127 Å². The van der Waals surface area contributed by atoms with Crippen molar-refractivity contribution < 1.29 is 4.79 Å². The Morgan fingerprint density at radius 3 is 2.90 bits per heavy atom. The Morgan fingerprint density at radius 2 is 2.19 bits per heavy atom. The van der Waals surface area contributed by atoms with Crippen LogP contribution in [0.1, 0.15) is 18.3 Å². The van der Waals surface area contributed by atoms with Crippen LogP contribution in [-0.2, 0) is 11.2 Å². The molecule has 0 saturated carbocycles. The molecule has 1 aliphatic heterocycles. The van der Waals surface area contributed by atoms with E-state index in [0.29, 0.717) is 16.7 Å². The number of rotatable bonds is 3. The summed E-state index contributed by atoms with van der Waals surface area (Å²) in [5.74, 6) is 6.79. The minimum atomic E-state index is 0.0677. The summed E-state index contributed by atoms with van der Waals surface area (Å²) in [6.07, 6.45) is 0.902. The van der Waals surface area contributed by atoms with Crippen LogP contribution >= 0.6 is 11.8 Å². The molecule has 2 N–H and O–H groups in total. The normalized spacial score (nSPS) is 17.0. The fraction of sp³-hybridized carbons (Fsp3) is 0.357. The van der Waals surface area contributed by atoms with Crippen LogP contribution in [0.2, 0.25) is 0 Å². The van der Waals surface area contributed by atoms with Gasteiger partial charge in [0.1, 0.15) is 5.82 Å². The van der Waals surface area contributed by atoms with Crippen LogP contribution < -0.4 is 10.7 Å². The molecule has 2 aromatic rings. The number of nitrogen functional groups attached to an aromatic ring is 1. The van der Waals surface area contributed by atoms with E-state index in [1.165, 1.54) is 22.0 Å². The standard InChI is InChI=1S/C14H17N5OS/c1-9-7-11-5-3-4-6-12(11)18(9)13(20)8-21-14-17-16-10(2)19(14)15/h3-6,9H,7-8,15H2,1-2H3/t9-/m1/s1. The molecule has 1 aromatic carbocycles. The lowest BCUT2D eigenvalue weighted by molar-refractivity contribution is -0.116. The van der Waals surface area contributed by atoms with Gasteiger partial charge in [-0.2, -0.15) is 0 Å². The third-order valence-electron chi connectivity index (χ3n) is 3.64. The molecule has 0 radical (unpaired) electrons. The zero-order chi connectivity index (χ0) is 15.0. The molecule has 21 heavy (non-hydrogen) atoms. The second-order valence-corrected chi connectivity index (χ2v) is 6.08. The average Bonchev–Trinajstić information content (AvgIpc) is 2.97. The van der Waals surface area contributed by atoms with E-state index >= 15 is 0 Å². The quantitative estimate of drug-likeness (QED) is 0.684. The van der Waals surface area contributed by atoms with Gasteiger partial charge in [-0.15, -0.1) is 10.2 Å². The first kappa shape index (κ1) is 13.9. The number of aromatic nitrogens is 3. The number of amides is 1. The van der Waals surface area contributed by atoms with Crippen molar-refractivity contribution in [2.45, 2.75) is 31.5 Å². The molecule has 1 amide bonds. The van der Waals surface area contributed by atoms with Crippen LogP contribution in [0, 0.1) is 6.92 Å². The molecule has 0 fully saturated rings. The Hall–Kier alpha value is -2.02. The number of anilines is 1. The highest BCUT2D eigenvalue weighted by molar-refractivity contribution is 7.99. The highest BCUT2D eigenvalue weighted by Crippen LogP contribution is 2.32. The smallest absolute Gasteiger partial charge is 0.237 e. The van der Waals surface area contributed by atoms with Gasteiger partial charge in [0.2, 0.25) is 11.1 Å². The van der Waals surface area contributed by atoms with Gasteiger partial charge >= 0.3 is 0 Å². The second-order valence-electron chi connectivity index (χ2n) is 5.13. The van der Waals surface area contributed by atoms with E-state index in [2.05, 4.69) is 23.2 Å². The number of carbonyl (C=O) groups excluding carboxylic acids is 1. The van der Waals surface area contributed by atoms with Gasteiger partial charge in [-0.05, 0) is 31.9 Å². The molecule has 1 aliphatic rings. The number of carbonyl (C=O) groups is 1. The molecule has 0 saturated heterocycles. The Morgan fingerprint density at radius 1 is 1.43 bits per heavy atom. The third kappa shape index (κ3) is 2.49. The first-order valence-corrected chi connectivity index (χ1v) is 7.76. The summed E-state index contributed by atoms with van der Waals surface area (Å²) < 4.78 is 1.40. The average molecular weight is 303 g/mol. The van der Waals surface area contributed by atoms with Crippen molar-refractivity contribution in [1.82, 2.24) is 14.9 Å². The van der Waals surface area contributed by atoms with Gasteiger partial charge in [0.15, 0.2) is 0 Å². The lowest BCUT2D eigenvalue weighted by Gasteiger charge is -2.22. The zero-order valence-electron chi connectivity index (χ0n) is 12.0. The molecule has 1 atom stereocenters. The maximum atomic E-state index is 12.5. The molecule has 0 bridgehead atoms. The molecule has 0 spiro atoms. The highest BCUT2D eigenvalue weighted by Gasteiger charge is 2.30. The molecule has 7 heteroatoms. The molecule has 110 valence electrons. The number of thioether (sulfide) groups is 1. The van der Waals surface area contributed by atoms with Crippen molar-refractivity contribution in [1.29, 1.82) is 0 Å². The van der Waals surface area contributed by atoms with Gasteiger partial charge in [-0.3, -0.25) is 4.79 Å². The maximum absolute atomic E-state index is 12.5. The highest BCUT2D eigenvalue weighted by atomic mass is 32.2. The molecule has 3 rings (SSSR count). The molecule has 6 nitrogen and oxygen atoms in total. The minimum Gasteiger partial charge on any atom is -0.336 e. The fourth-order valence-electron chi connectivity index (χ4n) is 2.59. The van der Waals surface area contributed by atoms with E-state index in [-0.39, 0.29) is 11.9 Å². The number of para-hydroxylation sites is 1. The summed E-state index contributed by atoms with van der Waals surface area (Å²) in [5, 5.41) is 8.40. The molecular formula is C14H17N5OS. The lowest BCUT2D eigenvalue weighted by atomic mass is 10.1. The summed E-state index contributed by atoms with van der Waals surface area (Å²) in [5.41, 5.74) is 2.24. The number of fused-ring (bicyclic) bond motifs is 1. The molecule has 1 aromatic heterocycles. The lowest BCUT2D eigenvalue weighted by Crippen LogP contribution is -2.37. The van der Waals surface area contributed by atoms with Crippen molar-refractivity contribution >= 4 is 23.4 Å². The largest absolute Gasteiger partial charge is 0.336 e. The van der Waals surface area contributed by atoms with Crippen molar-refractivity contribution in [2.75, 3.05) is 16.5 Å². The van der Waals surface area contributed by atoms with Crippen LogP contribution in [0.4, 0.5) is 5.69 Å². The van der Waals surface area contributed by atoms with E-state index in [1.54, 1.807) is 6.92 Å².